The molecule has 0 amide bonds. The van der Waals surface area contributed by atoms with Gasteiger partial charge in [-0.15, -0.1) is 0 Å². The van der Waals surface area contributed by atoms with Gasteiger partial charge in [0.25, 0.3) is 5.24 Å². The van der Waals surface area contributed by atoms with Crippen molar-refractivity contribution >= 4 is 16.8 Å². The van der Waals surface area contributed by atoms with Gasteiger partial charge >= 0.3 is 0 Å². The predicted octanol–water partition coefficient (Wildman–Crippen LogP) is 3.45. The monoisotopic (exact) mass is 275 g/mol. The SMILES string of the molecule is Cc1nc(C(=O)Cl)c(-c2cc(F)c(F)cc2F)o1. The van der Waals surface area contributed by atoms with Gasteiger partial charge in [-0.1, -0.05) is 0 Å². The van der Waals surface area contributed by atoms with Crippen molar-refractivity contribution in [1.29, 1.82) is 0 Å². The largest absolute Gasteiger partial charge is 0.440 e. The first-order valence-corrected chi connectivity index (χ1v) is 5.10. The Hall–Kier alpha value is -1.82. The molecule has 0 unspecified atom stereocenters. The minimum atomic E-state index is -1.34. The molecule has 0 spiro atoms. The first-order chi connectivity index (χ1) is 8.40. The second-order valence-electron chi connectivity index (χ2n) is 3.43. The summed E-state index contributed by atoms with van der Waals surface area (Å²) in [5, 5.41) is -0.981. The highest BCUT2D eigenvalue weighted by atomic mass is 35.5. The molecule has 2 aromatic rings. The molecule has 3 nitrogen and oxygen atoms in total. The molecular weight excluding hydrogens is 271 g/mol. The third-order valence-electron chi connectivity index (χ3n) is 2.17. The summed E-state index contributed by atoms with van der Waals surface area (Å²) in [6.07, 6.45) is 0. The molecule has 0 bridgehead atoms. The fraction of sp³-hybridized carbons (Fsp3) is 0.0909. The van der Waals surface area contributed by atoms with Gasteiger partial charge in [-0.25, -0.2) is 18.2 Å². The molecule has 0 N–H and O–H groups in total. The van der Waals surface area contributed by atoms with Crippen molar-refractivity contribution in [2.24, 2.45) is 0 Å². The van der Waals surface area contributed by atoms with E-state index < -0.39 is 28.3 Å². The molecule has 1 aromatic heterocycles. The third kappa shape index (κ3) is 2.11. The molecule has 0 aliphatic carbocycles. The summed E-state index contributed by atoms with van der Waals surface area (Å²) in [6.45, 7) is 1.41. The van der Waals surface area contributed by atoms with Crippen LogP contribution in [0.15, 0.2) is 16.5 Å². The van der Waals surface area contributed by atoms with Crippen LogP contribution in [0.1, 0.15) is 16.4 Å². The number of carbonyl (C=O) groups excluding carboxylic acids is 1. The van der Waals surface area contributed by atoms with Crippen LogP contribution in [-0.2, 0) is 0 Å². The van der Waals surface area contributed by atoms with Gasteiger partial charge in [0.15, 0.2) is 29.0 Å². The predicted molar refractivity (Wildman–Crippen MR) is 56.7 cm³/mol. The van der Waals surface area contributed by atoms with Crippen LogP contribution >= 0.6 is 11.6 Å². The summed E-state index contributed by atoms with van der Waals surface area (Å²) >= 11 is 5.24. The molecule has 0 atom stereocenters. The van der Waals surface area contributed by atoms with Crippen LogP contribution in [0.25, 0.3) is 11.3 Å². The van der Waals surface area contributed by atoms with E-state index in [1.54, 1.807) is 0 Å². The third-order valence-corrected chi connectivity index (χ3v) is 2.35. The lowest BCUT2D eigenvalue weighted by Gasteiger charge is -2.01. The number of carbonyl (C=O) groups is 1. The van der Waals surface area contributed by atoms with Gasteiger partial charge in [0.05, 0.1) is 5.56 Å². The zero-order chi connectivity index (χ0) is 13.4. The lowest BCUT2D eigenvalue weighted by Crippen LogP contribution is -1.96. The van der Waals surface area contributed by atoms with Gasteiger partial charge in [-0.05, 0) is 17.7 Å². The van der Waals surface area contributed by atoms with Gasteiger partial charge in [0.2, 0.25) is 0 Å². The van der Waals surface area contributed by atoms with E-state index in [4.69, 9.17) is 16.0 Å². The number of aromatic nitrogens is 1. The van der Waals surface area contributed by atoms with Gasteiger partial charge in [-0.3, -0.25) is 4.79 Å². The summed E-state index contributed by atoms with van der Waals surface area (Å²) in [7, 11) is 0. The van der Waals surface area contributed by atoms with Crippen LogP contribution in [0.3, 0.4) is 0 Å². The molecule has 0 fully saturated rings. The van der Waals surface area contributed by atoms with E-state index in [1.807, 2.05) is 0 Å². The van der Waals surface area contributed by atoms with Crippen LogP contribution in [-0.4, -0.2) is 10.2 Å². The standard InChI is InChI=1S/C11H5ClF3NO2/c1-4-16-9(11(12)17)10(18-4)5-2-7(14)8(15)3-6(5)13/h2-3H,1H3. The Labute approximate surface area is 104 Å². The van der Waals surface area contributed by atoms with Crippen LogP contribution in [0.2, 0.25) is 0 Å². The van der Waals surface area contributed by atoms with Crippen molar-refractivity contribution < 1.29 is 22.4 Å². The molecule has 7 heteroatoms. The fourth-order valence-corrected chi connectivity index (χ4v) is 1.57. The summed E-state index contributed by atoms with van der Waals surface area (Å²) < 4.78 is 44.4. The number of aryl methyl sites for hydroxylation is 1. The highest BCUT2D eigenvalue weighted by Gasteiger charge is 2.22. The molecular formula is C11H5ClF3NO2. The topological polar surface area (TPSA) is 43.1 Å². The first-order valence-electron chi connectivity index (χ1n) is 4.72. The van der Waals surface area contributed by atoms with E-state index in [1.165, 1.54) is 6.92 Å². The minimum Gasteiger partial charge on any atom is -0.440 e. The Morgan fingerprint density at radius 2 is 1.83 bits per heavy atom. The zero-order valence-corrected chi connectivity index (χ0v) is 9.69. The summed E-state index contributed by atoms with van der Waals surface area (Å²) in [4.78, 5) is 14.7. The molecule has 1 heterocycles. The molecule has 0 radical (unpaired) electrons. The van der Waals surface area contributed by atoms with E-state index in [9.17, 15) is 18.0 Å². The van der Waals surface area contributed by atoms with Crippen molar-refractivity contribution in [1.82, 2.24) is 4.98 Å². The first kappa shape index (κ1) is 12.6. The van der Waals surface area contributed by atoms with Crippen molar-refractivity contribution in [2.75, 3.05) is 0 Å². The second-order valence-corrected chi connectivity index (χ2v) is 3.77. The van der Waals surface area contributed by atoms with Crippen molar-refractivity contribution in [3.8, 4) is 11.3 Å². The quantitative estimate of drug-likeness (QED) is 0.623. The maximum atomic E-state index is 13.5. The average molecular weight is 276 g/mol. The van der Waals surface area contributed by atoms with E-state index >= 15 is 0 Å². The van der Waals surface area contributed by atoms with E-state index in [2.05, 4.69) is 4.98 Å². The van der Waals surface area contributed by atoms with Crippen molar-refractivity contribution in [3.05, 3.63) is 41.2 Å². The number of nitrogens with zero attached hydrogens (tertiary/aromatic N) is 1. The molecule has 2 rings (SSSR count). The maximum Gasteiger partial charge on any atom is 0.274 e. The Bertz CT molecular complexity index is 639. The fourth-order valence-electron chi connectivity index (χ4n) is 1.44. The molecule has 94 valence electrons. The summed E-state index contributed by atoms with van der Waals surface area (Å²) in [5.74, 6) is -3.97. The maximum absolute atomic E-state index is 13.5. The smallest absolute Gasteiger partial charge is 0.274 e. The molecule has 0 aliphatic heterocycles. The lowest BCUT2D eigenvalue weighted by atomic mass is 10.1. The van der Waals surface area contributed by atoms with E-state index in [0.717, 1.165) is 0 Å². The van der Waals surface area contributed by atoms with Crippen LogP contribution < -0.4 is 0 Å². The van der Waals surface area contributed by atoms with Gasteiger partial charge in [-0.2, -0.15) is 0 Å². The minimum absolute atomic E-state index is 0.0538. The number of hydrogen-bond acceptors (Lipinski definition) is 3. The number of halogens is 4. The highest BCUT2D eigenvalue weighted by Crippen LogP contribution is 2.29. The Kier molecular flexibility index (Phi) is 3.13. The summed E-state index contributed by atoms with van der Waals surface area (Å²) in [6, 6.07) is 0.930. The Balaban J connectivity index is 2.69. The number of benzene rings is 1. The van der Waals surface area contributed by atoms with Gasteiger partial charge in [0, 0.05) is 13.0 Å². The van der Waals surface area contributed by atoms with E-state index in [0.29, 0.717) is 12.1 Å². The number of hydrogen-bond donors (Lipinski definition) is 0. The summed E-state index contributed by atoms with van der Waals surface area (Å²) in [5.41, 5.74) is -0.766. The van der Waals surface area contributed by atoms with Crippen molar-refractivity contribution in [3.63, 3.8) is 0 Å². The molecule has 0 saturated carbocycles. The lowest BCUT2D eigenvalue weighted by molar-refractivity contribution is 0.107. The van der Waals surface area contributed by atoms with Gasteiger partial charge < -0.3 is 4.42 Å². The van der Waals surface area contributed by atoms with Gasteiger partial charge in [0.1, 0.15) is 5.82 Å². The zero-order valence-electron chi connectivity index (χ0n) is 8.93. The van der Waals surface area contributed by atoms with Crippen LogP contribution in [0.5, 0.6) is 0 Å². The number of oxazole rings is 1. The molecule has 0 saturated heterocycles. The second kappa shape index (κ2) is 4.45. The van der Waals surface area contributed by atoms with Crippen LogP contribution in [0, 0.1) is 24.4 Å². The van der Waals surface area contributed by atoms with Crippen molar-refractivity contribution in [2.45, 2.75) is 6.92 Å². The highest BCUT2D eigenvalue weighted by molar-refractivity contribution is 6.67. The Morgan fingerprint density at radius 1 is 1.22 bits per heavy atom. The molecule has 1 aromatic carbocycles. The average Bonchev–Trinajstić information content (AvgIpc) is 2.65. The normalized spacial score (nSPS) is 10.7. The molecule has 18 heavy (non-hydrogen) atoms. The van der Waals surface area contributed by atoms with E-state index in [-0.39, 0.29) is 17.3 Å². The number of rotatable bonds is 2. The van der Waals surface area contributed by atoms with Crippen LogP contribution in [0.4, 0.5) is 13.2 Å². The molecule has 0 aliphatic rings. The Morgan fingerprint density at radius 3 is 2.44 bits per heavy atom.